The molecule has 2 rings (SSSR count). The molecule has 1 aliphatic rings. The van der Waals surface area contributed by atoms with E-state index in [4.69, 9.17) is 22.4 Å². The minimum absolute atomic E-state index is 0.276. The van der Waals surface area contributed by atoms with E-state index in [9.17, 15) is 0 Å². The van der Waals surface area contributed by atoms with Crippen LogP contribution in [0, 0.1) is 5.92 Å². The zero-order valence-corrected chi connectivity index (χ0v) is 10.5. The molecule has 0 aromatic carbocycles. The summed E-state index contributed by atoms with van der Waals surface area (Å²) >= 11 is 6.28. The number of aromatic nitrogens is 1. The van der Waals surface area contributed by atoms with Gasteiger partial charge in [0, 0.05) is 32.4 Å². The molecule has 0 unspecified atom stereocenters. The molecule has 1 saturated heterocycles. The van der Waals surface area contributed by atoms with Crippen molar-refractivity contribution in [1.29, 1.82) is 0 Å². The molecule has 4 nitrogen and oxygen atoms in total. The van der Waals surface area contributed by atoms with Crippen LogP contribution >= 0.6 is 11.6 Å². The third-order valence-corrected chi connectivity index (χ3v) is 3.75. The summed E-state index contributed by atoms with van der Waals surface area (Å²) < 4.78 is 0. The van der Waals surface area contributed by atoms with E-state index in [1.165, 1.54) is 0 Å². The van der Waals surface area contributed by atoms with Gasteiger partial charge in [-0.2, -0.15) is 0 Å². The van der Waals surface area contributed by atoms with E-state index in [1.807, 2.05) is 6.07 Å². The van der Waals surface area contributed by atoms with Crippen LogP contribution in [0.5, 0.6) is 0 Å². The molecule has 0 atom stereocenters. The lowest BCUT2D eigenvalue weighted by molar-refractivity contribution is 0.203. The van der Waals surface area contributed by atoms with Crippen molar-refractivity contribution in [1.82, 2.24) is 4.98 Å². The zero-order chi connectivity index (χ0) is 12.3. The summed E-state index contributed by atoms with van der Waals surface area (Å²) in [4.78, 5) is 6.51. The van der Waals surface area contributed by atoms with Crippen molar-refractivity contribution in [2.45, 2.75) is 19.4 Å². The van der Waals surface area contributed by atoms with Crippen molar-refractivity contribution in [2.75, 3.05) is 24.6 Å². The van der Waals surface area contributed by atoms with Gasteiger partial charge in [0.15, 0.2) is 0 Å². The second kappa shape index (κ2) is 5.67. The Hall–Kier alpha value is -0.840. The van der Waals surface area contributed by atoms with Crippen LogP contribution in [0.4, 0.5) is 5.82 Å². The van der Waals surface area contributed by atoms with Crippen molar-refractivity contribution in [3.05, 3.63) is 22.8 Å². The number of nitrogens with two attached hydrogens (primary N) is 1. The maximum absolute atomic E-state index is 9.11. The van der Waals surface area contributed by atoms with E-state index < -0.39 is 0 Å². The van der Waals surface area contributed by atoms with Gasteiger partial charge in [0.2, 0.25) is 0 Å². The Morgan fingerprint density at radius 1 is 1.47 bits per heavy atom. The number of aliphatic hydroxyl groups excluding tert-OH is 1. The summed E-state index contributed by atoms with van der Waals surface area (Å²) in [5.74, 6) is 1.24. The average Bonchev–Trinajstić information content (AvgIpc) is 2.39. The van der Waals surface area contributed by atoms with Crippen LogP contribution < -0.4 is 10.6 Å². The van der Waals surface area contributed by atoms with Crippen molar-refractivity contribution in [2.24, 2.45) is 11.7 Å². The van der Waals surface area contributed by atoms with Crippen molar-refractivity contribution < 1.29 is 5.11 Å². The van der Waals surface area contributed by atoms with Gasteiger partial charge in [0.05, 0.1) is 5.02 Å². The Labute approximate surface area is 106 Å². The SMILES string of the molecule is NCc1ccnc(N2CCC(CO)CC2)c1Cl. The number of anilines is 1. The molecule has 2 heterocycles. The van der Waals surface area contributed by atoms with Gasteiger partial charge in [0.1, 0.15) is 5.82 Å². The van der Waals surface area contributed by atoms with Crippen molar-refractivity contribution >= 4 is 17.4 Å². The third kappa shape index (κ3) is 2.70. The summed E-state index contributed by atoms with van der Waals surface area (Å²) in [6.45, 7) is 2.50. The molecule has 1 aromatic heterocycles. The van der Waals surface area contributed by atoms with Gasteiger partial charge in [-0.25, -0.2) is 4.98 Å². The smallest absolute Gasteiger partial charge is 0.147 e. The van der Waals surface area contributed by atoms with Gasteiger partial charge in [-0.05, 0) is 30.4 Å². The van der Waals surface area contributed by atoms with E-state index in [0.717, 1.165) is 37.3 Å². The summed E-state index contributed by atoms with van der Waals surface area (Å²) in [7, 11) is 0. The summed E-state index contributed by atoms with van der Waals surface area (Å²) in [6, 6.07) is 1.85. The molecule has 0 amide bonds. The Morgan fingerprint density at radius 3 is 2.76 bits per heavy atom. The van der Waals surface area contributed by atoms with Gasteiger partial charge in [-0.1, -0.05) is 11.6 Å². The molecule has 5 heteroatoms. The van der Waals surface area contributed by atoms with Gasteiger partial charge in [0.25, 0.3) is 0 Å². The Kier molecular flexibility index (Phi) is 4.20. The van der Waals surface area contributed by atoms with Gasteiger partial charge < -0.3 is 15.7 Å². The average molecular weight is 256 g/mol. The second-order valence-corrected chi connectivity index (χ2v) is 4.80. The lowest BCUT2D eigenvalue weighted by Gasteiger charge is -2.32. The van der Waals surface area contributed by atoms with Gasteiger partial charge in [-0.15, -0.1) is 0 Å². The number of nitrogens with zero attached hydrogens (tertiary/aromatic N) is 2. The minimum Gasteiger partial charge on any atom is -0.396 e. The first-order valence-electron chi connectivity index (χ1n) is 5.95. The number of hydrogen-bond acceptors (Lipinski definition) is 4. The minimum atomic E-state index is 0.276. The van der Waals surface area contributed by atoms with E-state index in [0.29, 0.717) is 17.5 Å². The molecule has 1 aliphatic heterocycles. The molecule has 3 N–H and O–H groups in total. The fraction of sp³-hybridized carbons (Fsp3) is 0.583. The lowest BCUT2D eigenvalue weighted by atomic mass is 9.98. The molecule has 1 fully saturated rings. The zero-order valence-electron chi connectivity index (χ0n) is 9.77. The van der Waals surface area contributed by atoms with Crippen LogP contribution in [-0.4, -0.2) is 29.8 Å². The molecule has 0 bridgehead atoms. The van der Waals surface area contributed by atoms with Crippen LogP contribution in [0.1, 0.15) is 18.4 Å². The highest BCUT2D eigenvalue weighted by atomic mass is 35.5. The van der Waals surface area contributed by atoms with E-state index in [1.54, 1.807) is 6.20 Å². The highest BCUT2D eigenvalue weighted by Gasteiger charge is 2.21. The Morgan fingerprint density at radius 2 is 2.18 bits per heavy atom. The Bertz CT molecular complexity index is 378. The number of aliphatic hydroxyl groups is 1. The van der Waals surface area contributed by atoms with Crippen LogP contribution in [-0.2, 0) is 6.54 Å². The van der Waals surface area contributed by atoms with Crippen molar-refractivity contribution in [3.8, 4) is 0 Å². The second-order valence-electron chi connectivity index (χ2n) is 4.42. The topological polar surface area (TPSA) is 62.4 Å². The van der Waals surface area contributed by atoms with Crippen LogP contribution in [0.15, 0.2) is 12.3 Å². The van der Waals surface area contributed by atoms with Crippen molar-refractivity contribution in [3.63, 3.8) is 0 Å². The van der Waals surface area contributed by atoms with Gasteiger partial charge in [-0.3, -0.25) is 0 Å². The number of pyridine rings is 1. The largest absolute Gasteiger partial charge is 0.396 e. The first-order valence-corrected chi connectivity index (χ1v) is 6.33. The molecular weight excluding hydrogens is 238 g/mol. The number of piperidine rings is 1. The number of rotatable bonds is 3. The van der Waals surface area contributed by atoms with E-state index in [2.05, 4.69) is 9.88 Å². The summed E-state index contributed by atoms with van der Waals surface area (Å²) in [5, 5.41) is 9.77. The fourth-order valence-corrected chi connectivity index (χ4v) is 2.49. The highest BCUT2D eigenvalue weighted by molar-refractivity contribution is 6.33. The number of halogens is 1. The highest BCUT2D eigenvalue weighted by Crippen LogP contribution is 2.29. The quantitative estimate of drug-likeness (QED) is 0.857. The fourth-order valence-electron chi connectivity index (χ4n) is 2.18. The predicted octanol–water partition coefficient (Wildman–Crippen LogP) is 1.40. The predicted molar refractivity (Wildman–Crippen MR) is 69.2 cm³/mol. The molecule has 0 radical (unpaired) electrons. The Balaban J connectivity index is 2.13. The summed E-state index contributed by atoms with van der Waals surface area (Å²) in [5.41, 5.74) is 6.56. The monoisotopic (exact) mass is 255 g/mol. The lowest BCUT2D eigenvalue weighted by Crippen LogP contribution is -2.35. The maximum atomic E-state index is 9.11. The molecular formula is C12H18ClN3O. The first kappa shape index (κ1) is 12.6. The standard InChI is InChI=1S/C12H18ClN3O/c13-11-10(7-14)1-4-15-12(11)16-5-2-9(8-17)3-6-16/h1,4,9,17H,2-3,5-8,14H2. The van der Waals surface area contributed by atoms with Gasteiger partial charge >= 0.3 is 0 Å². The third-order valence-electron chi connectivity index (χ3n) is 3.34. The normalized spacial score (nSPS) is 17.5. The maximum Gasteiger partial charge on any atom is 0.147 e. The molecule has 17 heavy (non-hydrogen) atoms. The molecule has 1 aromatic rings. The molecule has 0 aliphatic carbocycles. The number of hydrogen-bond donors (Lipinski definition) is 2. The first-order chi connectivity index (χ1) is 8.26. The van der Waals surface area contributed by atoms with E-state index >= 15 is 0 Å². The van der Waals surface area contributed by atoms with E-state index in [-0.39, 0.29) is 6.61 Å². The summed E-state index contributed by atoms with van der Waals surface area (Å²) in [6.07, 6.45) is 3.73. The molecule has 0 saturated carbocycles. The van der Waals surface area contributed by atoms with Crippen LogP contribution in [0.25, 0.3) is 0 Å². The molecule has 0 spiro atoms. The van der Waals surface area contributed by atoms with Crippen LogP contribution in [0.3, 0.4) is 0 Å². The van der Waals surface area contributed by atoms with Crippen LogP contribution in [0.2, 0.25) is 5.02 Å². The molecule has 94 valence electrons.